The first kappa shape index (κ1) is 22.4. The molecule has 0 bridgehead atoms. The van der Waals surface area contributed by atoms with E-state index in [1.807, 2.05) is 6.08 Å². The minimum atomic E-state index is -1.07. The van der Waals surface area contributed by atoms with Crippen LogP contribution in [0.4, 0.5) is 0 Å². The molecule has 1 heterocycles. The van der Waals surface area contributed by atoms with Gasteiger partial charge in [-0.1, -0.05) is 6.92 Å². The minimum Gasteiger partial charge on any atom is -0.500 e. The Morgan fingerprint density at radius 2 is 2.03 bits per heavy atom. The van der Waals surface area contributed by atoms with E-state index >= 15 is 0 Å². The van der Waals surface area contributed by atoms with Gasteiger partial charge in [0.25, 0.3) is 0 Å². The fourth-order valence-electron chi connectivity index (χ4n) is 4.33. The van der Waals surface area contributed by atoms with Crippen molar-refractivity contribution in [3.8, 4) is 0 Å². The normalized spacial score (nSPS) is 30.6. The van der Waals surface area contributed by atoms with Gasteiger partial charge in [-0.05, 0) is 45.1 Å². The van der Waals surface area contributed by atoms with E-state index in [9.17, 15) is 4.79 Å². The summed E-state index contributed by atoms with van der Waals surface area (Å²) in [6.07, 6.45) is 8.03. The van der Waals surface area contributed by atoms with E-state index in [-0.39, 0.29) is 6.17 Å². The second kappa shape index (κ2) is 9.25. The third-order valence-corrected chi connectivity index (χ3v) is 6.19. The quantitative estimate of drug-likeness (QED) is 0.582. The Kier molecular flexibility index (Phi) is 6.91. The molecule has 166 valence electrons. The highest BCUT2D eigenvalue weighted by atomic mass is 16.5. The van der Waals surface area contributed by atoms with E-state index in [4.69, 9.17) is 19.2 Å². The van der Waals surface area contributed by atoms with Gasteiger partial charge in [0, 0.05) is 31.8 Å². The van der Waals surface area contributed by atoms with E-state index in [2.05, 4.69) is 31.0 Å². The predicted molar refractivity (Wildman–Crippen MR) is 117 cm³/mol. The molecule has 3 rings (SSSR count). The highest BCUT2D eigenvalue weighted by Crippen LogP contribution is 2.42. The minimum absolute atomic E-state index is 0.0236. The summed E-state index contributed by atoms with van der Waals surface area (Å²) in [4.78, 5) is 19.5. The molecule has 0 aromatic heterocycles. The molecule has 0 aromatic rings. The Bertz CT molecular complexity index is 781. The van der Waals surface area contributed by atoms with Crippen LogP contribution in [-0.4, -0.2) is 63.2 Å². The Labute approximate surface area is 179 Å². The topological polar surface area (TPSA) is 72.4 Å². The van der Waals surface area contributed by atoms with Gasteiger partial charge in [-0.25, -0.2) is 0 Å². The van der Waals surface area contributed by atoms with Gasteiger partial charge in [0.2, 0.25) is 0 Å². The number of hydrogen-bond acceptors (Lipinski definition) is 6. The number of nitrogens with zero attached hydrogens (tertiary/aromatic N) is 2. The fraction of sp³-hybridized carbons (Fsp3) is 0.652. The first-order chi connectivity index (χ1) is 14.4. The molecular weight excluding hydrogens is 382 g/mol. The molecular formula is C23H35N3O4. The summed E-state index contributed by atoms with van der Waals surface area (Å²) < 4.78 is 17.1. The molecule has 0 radical (unpaired) electrons. The van der Waals surface area contributed by atoms with Crippen molar-refractivity contribution in [2.45, 2.75) is 51.8 Å². The van der Waals surface area contributed by atoms with Crippen LogP contribution in [0.5, 0.6) is 0 Å². The zero-order valence-electron chi connectivity index (χ0n) is 19.0. The summed E-state index contributed by atoms with van der Waals surface area (Å²) in [5.41, 5.74) is 0.748. The Balaban J connectivity index is 2.14. The van der Waals surface area contributed by atoms with Gasteiger partial charge in [0.15, 0.2) is 0 Å². The first-order valence-electron chi connectivity index (χ1n) is 10.8. The molecule has 1 saturated carbocycles. The van der Waals surface area contributed by atoms with Crippen LogP contribution in [0.15, 0.2) is 39.9 Å². The summed E-state index contributed by atoms with van der Waals surface area (Å²) in [7, 11) is 4.77. The number of allylic oxidation sites excluding steroid dienone is 1. The Morgan fingerprint density at radius 1 is 1.30 bits per heavy atom. The van der Waals surface area contributed by atoms with E-state index in [0.29, 0.717) is 11.5 Å². The van der Waals surface area contributed by atoms with Crippen LogP contribution in [0, 0.1) is 11.8 Å². The van der Waals surface area contributed by atoms with Gasteiger partial charge in [0.1, 0.15) is 35.2 Å². The number of ether oxygens (including phenoxy) is 3. The number of nitrogens with one attached hydrogen (secondary N) is 1. The number of methoxy groups -OCH3 is 3. The molecule has 30 heavy (non-hydrogen) atoms. The smallest absolute Gasteiger partial charge is 0.146 e. The lowest BCUT2D eigenvalue weighted by molar-refractivity contribution is -0.117. The maximum absolute atomic E-state index is 12.2. The summed E-state index contributed by atoms with van der Waals surface area (Å²) in [5, 5.41) is 3.63. The second-order valence-electron chi connectivity index (χ2n) is 8.23. The van der Waals surface area contributed by atoms with Crippen molar-refractivity contribution in [1.29, 1.82) is 0 Å². The van der Waals surface area contributed by atoms with Gasteiger partial charge < -0.3 is 29.2 Å². The molecule has 1 fully saturated rings. The van der Waals surface area contributed by atoms with Gasteiger partial charge in [-0.2, -0.15) is 0 Å². The van der Waals surface area contributed by atoms with Gasteiger partial charge in [-0.3, -0.25) is 4.99 Å². The number of rotatable bonds is 9. The number of hydrogen-bond donors (Lipinski definition) is 1. The molecule has 7 nitrogen and oxygen atoms in total. The third-order valence-electron chi connectivity index (χ3n) is 6.19. The molecule has 1 N–H and O–H groups in total. The number of aldehydes is 1. The standard InChI is InChI=1S/C23H35N3O4/c1-7-10-24-22-15(2)21(25-16(3)26(22)13-17-8-9-17)23(30-6)12-18(28-4)11-20(29-5)19(23)14-27/h11-12,14,16-17,19,25H,7-10,13H2,1-6H3. The van der Waals surface area contributed by atoms with Crippen molar-refractivity contribution in [1.82, 2.24) is 10.2 Å². The van der Waals surface area contributed by atoms with Gasteiger partial charge >= 0.3 is 0 Å². The Hall–Kier alpha value is -2.28. The summed E-state index contributed by atoms with van der Waals surface area (Å²) in [6, 6.07) is 0. The maximum Gasteiger partial charge on any atom is 0.146 e. The van der Waals surface area contributed by atoms with Crippen molar-refractivity contribution in [2.75, 3.05) is 34.4 Å². The van der Waals surface area contributed by atoms with Crippen molar-refractivity contribution < 1.29 is 19.0 Å². The maximum atomic E-state index is 12.2. The average Bonchev–Trinajstić information content (AvgIpc) is 3.58. The number of aliphatic imine (C=N–C) groups is 1. The molecule has 3 atom stereocenters. The summed E-state index contributed by atoms with van der Waals surface area (Å²) in [5.74, 6) is 2.17. The average molecular weight is 418 g/mol. The lowest BCUT2D eigenvalue weighted by atomic mass is 9.77. The van der Waals surface area contributed by atoms with Crippen LogP contribution in [0.3, 0.4) is 0 Å². The van der Waals surface area contributed by atoms with E-state index in [1.165, 1.54) is 12.8 Å². The summed E-state index contributed by atoms with van der Waals surface area (Å²) in [6.45, 7) is 8.06. The highest BCUT2D eigenvalue weighted by molar-refractivity contribution is 6.00. The number of carbonyl (C=O) groups excluding carboxylic acids is 1. The zero-order chi connectivity index (χ0) is 21.9. The van der Waals surface area contributed by atoms with E-state index < -0.39 is 11.5 Å². The molecule has 1 aliphatic heterocycles. The molecule has 0 aromatic carbocycles. The number of carbonyl (C=O) groups is 1. The summed E-state index contributed by atoms with van der Waals surface area (Å²) >= 11 is 0. The van der Waals surface area contributed by atoms with Crippen molar-refractivity contribution in [3.63, 3.8) is 0 Å². The lowest BCUT2D eigenvalue weighted by Gasteiger charge is -2.47. The molecule has 0 amide bonds. The predicted octanol–water partition coefficient (Wildman–Crippen LogP) is 3.00. The number of amidine groups is 1. The van der Waals surface area contributed by atoms with Crippen LogP contribution < -0.4 is 5.32 Å². The molecule has 3 aliphatic rings. The van der Waals surface area contributed by atoms with Crippen molar-refractivity contribution >= 4 is 12.1 Å². The van der Waals surface area contributed by atoms with Crippen molar-refractivity contribution in [3.05, 3.63) is 34.9 Å². The van der Waals surface area contributed by atoms with Crippen LogP contribution in [0.2, 0.25) is 0 Å². The van der Waals surface area contributed by atoms with E-state index in [0.717, 1.165) is 48.8 Å². The monoisotopic (exact) mass is 417 g/mol. The second-order valence-corrected chi connectivity index (χ2v) is 8.23. The molecule has 0 saturated heterocycles. The van der Waals surface area contributed by atoms with Gasteiger partial charge in [0.05, 0.1) is 26.1 Å². The molecule has 7 heteroatoms. The van der Waals surface area contributed by atoms with Crippen LogP contribution >= 0.6 is 0 Å². The largest absolute Gasteiger partial charge is 0.500 e. The van der Waals surface area contributed by atoms with Crippen molar-refractivity contribution in [2.24, 2.45) is 16.8 Å². The fourth-order valence-corrected chi connectivity index (χ4v) is 4.33. The van der Waals surface area contributed by atoms with Crippen LogP contribution in [0.1, 0.15) is 40.0 Å². The van der Waals surface area contributed by atoms with Gasteiger partial charge in [-0.15, -0.1) is 0 Å². The Morgan fingerprint density at radius 3 is 2.57 bits per heavy atom. The highest BCUT2D eigenvalue weighted by Gasteiger charge is 2.50. The first-order valence-corrected chi connectivity index (χ1v) is 10.8. The van der Waals surface area contributed by atoms with Crippen LogP contribution in [-0.2, 0) is 19.0 Å². The van der Waals surface area contributed by atoms with E-state index in [1.54, 1.807) is 27.4 Å². The molecule has 3 unspecified atom stereocenters. The molecule has 0 spiro atoms. The zero-order valence-corrected chi connectivity index (χ0v) is 19.0. The third kappa shape index (κ3) is 4.00. The SMILES string of the molecule is CCCN=C1C(C)=C(C2(OC)C=C(OC)C=C(OC)C2C=O)NC(C)N1CC1CC1. The molecule has 2 aliphatic carbocycles. The van der Waals surface area contributed by atoms with Crippen LogP contribution in [0.25, 0.3) is 0 Å². The lowest BCUT2D eigenvalue weighted by Crippen LogP contribution is -2.59.